The smallest absolute Gasteiger partial charge is 0.257 e. The Kier molecular flexibility index (Phi) is 8.20. The van der Waals surface area contributed by atoms with Crippen LogP contribution in [-0.4, -0.2) is 23.0 Å². The number of thiazole rings is 1. The van der Waals surface area contributed by atoms with Gasteiger partial charge in [-0.1, -0.05) is 11.6 Å². The standard InChI is InChI=1S/C22H24ClN3O3S2/c1-13(2)26-31-18-5-6-20(19(23)12-18)29-17-10-15(9-16(11-17)28-14(3)4)21(27)25-22-24-7-8-30-22/h5-14,26H,1-4H3,(H,24,25,27). The van der Waals surface area contributed by atoms with Crippen LogP contribution in [0.25, 0.3) is 0 Å². The number of nitrogens with one attached hydrogen (secondary N) is 2. The molecule has 0 radical (unpaired) electrons. The zero-order valence-electron chi connectivity index (χ0n) is 17.6. The van der Waals surface area contributed by atoms with E-state index in [4.69, 9.17) is 21.1 Å². The van der Waals surface area contributed by atoms with E-state index in [-0.39, 0.29) is 12.0 Å². The van der Waals surface area contributed by atoms with E-state index in [1.165, 1.54) is 23.3 Å². The van der Waals surface area contributed by atoms with Crippen molar-refractivity contribution < 1.29 is 14.3 Å². The summed E-state index contributed by atoms with van der Waals surface area (Å²) < 4.78 is 15.1. The largest absolute Gasteiger partial charge is 0.491 e. The summed E-state index contributed by atoms with van der Waals surface area (Å²) in [5.41, 5.74) is 0.396. The molecule has 0 aliphatic rings. The summed E-state index contributed by atoms with van der Waals surface area (Å²) in [5, 5.41) is 5.56. The second-order valence-corrected chi connectivity index (χ2v) is 9.43. The predicted octanol–water partition coefficient (Wildman–Crippen LogP) is 6.63. The molecule has 0 atom stereocenters. The predicted molar refractivity (Wildman–Crippen MR) is 128 cm³/mol. The molecule has 31 heavy (non-hydrogen) atoms. The molecule has 1 heterocycles. The number of halogens is 1. The van der Waals surface area contributed by atoms with Crippen LogP contribution in [0, 0.1) is 0 Å². The molecule has 0 aliphatic carbocycles. The van der Waals surface area contributed by atoms with Gasteiger partial charge in [0, 0.05) is 34.1 Å². The van der Waals surface area contributed by atoms with Gasteiger partial charge in [0.15, 0.2) is 5.13 Å². The lowest BCUT2D eigenvalue weighted by molar-refractivity contribution is 0.102. The SMILES string of the molecule is CC(C)NSc1ccc(Oc2cc(OC(C)C)cc(C(=O)Nc3nccs3)c2)c(Cl)c1. The summed E-state index contributed by atoms with van der Waals surface area (Å²) in [6.07, 6.45) is 1.58. The second-order valence-electron chi connectivity index (χ2n) is 7.22. The molecule has 9 heteroatoms. The van der Waals surface area contributed by atoms with E-state index < -0.39 is 0 Å². The third-order valence-electron chi connectivity index (χ3n) is 3.71. The summed E-state index contributed by atoms with van der Waals surface area (Å²) >= 11 is 9.29. The third-order valence-corrected chi connectivity index (χ3v) is 5.77. The van der Waals surface area contributed by atoms with Crippen LogP contribution in [0.1, 0.15) is 38.1 Å². The molecule has 0 saturated heterocycles. The molecule has 0 spiro atoms. The van der Waals surface area contributed by atoms with Crippen molar-refractivity contribution in [3.8, 4) is 17.2 Å². The molecule has 2 N–H and O–H groups in total. The minimum Gasteiger partial charge on any atom is -0.491 e. The minimum absolute atomic E-state index is 0.0570. The number of aromatic nitrogens is 1. The van der Waals surface area contributed by atoms with Crippen LogP contribution in [0.2, 0.25) is 5.02 Å². The van der Waals surface area contributed by atoms with Gasteiger partial charge in [0.1, 0.15) is 17.2 Å². The highest BCUT2D eigenvalue weighted by atomic mass is 35.5. The first-order chi connectivity index (χ1) is 14.8. The molecular weight excluding hydrogens is 454 g/mol. The van der Waals surface area contributed by atoms with Crippen molar-refractivity contribution in [1.29, 1.82) is 0 Å². The molecule has 3 rings (SSSR count). The molecular formula is C22H24ClN3O3S2. The van der Waals surface area contributed by atoms with E-state index in [9.17, 15) is 4.79 Å². The molecule has 3 aromatic rings. The Hall–Kier alpha value is -2.26. The van der Waals surface area contributed by atoms with E-state index in [1.54, 1.807) is 35.8 Å². The van der Waals surface area contributed by atoms with Crippen molar-refractivity contribution >= 4 is 45.9 Å². The lowest BCUT2D eigenvalue weighted by Crippen LogP contribution is -2.13. The zero-order chi connectivity index (χ0) is 22.4. The van der Waals surface area contributed by atoms with E-state index in [1.807, 2.05) is 26.0 Å². The minimum atomic E-state index is -0.299. The van der Waals surface area contributed by atoms with Crippen molar-refractivity contribution in [3.05, 3.63) is 58.6 Å². The van der Waals surface area contributed by atoms with Crippen LogP contribution >= 0.6 is 34.9 Å². The van der Waals surface area contributed by atoms with Gasteiger partial charge in [0.05, 0.1) is 11.1 Å². The van der Waals surface area contributed by atoms with Gasteiger partial charge in [-0.3, -0.25) is 14.8 Å². The molecule has 0 bridgehead atoms. The van der Waals surface area contributed by atoms with Crippen LogP contribution in [0.5, 0.6) is 17.2 Å². The van der Waals surface area contributed by atoms with E-state index in [0.717, 1.165) is 4.90 Å². The number of nitrogens with zero attached hydrogens (tertiary/aromatic N) is 1. The molecule has 6 nitrogen and oxygen atoms in total. The molecule has 2 aromatic carbocycles. The first kappa shape index (κ1) is 23.4. The fourth-order valence-electron chi connectivity index (χ4n) is 2.50. The van der Waals surface area contributed by atoms with E-state index in [0.29, 0.717) is 39.0 Å². The number of carbonyl (C=O) groups excluding carboxylic acids is 1. The van der Waals surface area contributed by atoms with Gasteiger partial charge in [-0.2, -0.15) is 0 Å². The Morgan fingerprint density at radius 3 is 2.55 bits per heavy atom. The van der Waals surface area contributed by atoms with Gasteiger partial charge in [-0.25, -0.2) is 4.98 Å². The van der Waals surface area contributed by atoms with Gasteiger partial charge in [0.2, 0.25) is 0 Å². The number of amides is 1. The van der Waals surface area contributed by atoms with Gasteiger partial charge >= 0.3 is 0 Å². The number of hydrogen-bond donors (Lipinski definition) is 2. The van der Waals surface area contributed by atoms with Crippen molar-refractivity contribution in [2.75, 3.05) is 5.32 Å². The van der Waals surface area contributed by atoms with E-state index in [2.05, 4.69) is 28.9 Å². The molecule has 0 unspecified atom stereocenters. The van der Waals surface area contributed by atoms with Crippen LogP contribution in [0.4, 0.5) is 5.13 Å². The zero-order valence-corrected chi connectivity index (χ0v) is 20.0. The Labute approximate surface area is 195 Å². The van der Waals surface area contributed by atoms with Gasteiger partial charge in [-0.15, -0.1) is 11.3 Å². The summed E-state index contributed by atoms with van der Waals surface area (Å²) in [4.78, 5) is 17.8. The fourth-order valence-corrected chi connectivity index (χ4v) is 3.99. The number of ether oxygens (including phenoxy) is 2. The molecule has 164 valence electrons. The maximum atomic E-state index is 12.7. The maximum absolute atomic E-state index is 12.7. The lowest BCUT2D eigenvalue weighted by Gasteiger charge is -2.15. The highest BCUT2D eigenvalue weighted by molar-refractivity contribution is 7.97. The number of rotatable bonds is 9. The highest BCUT2D eigenvalue weighted by Gasteiger charge is 2.14. The van der Waals surface area contributed by atoms with Crippen LogP contribution in [0.3, 0.4) is 0 Å². The average molecular weight is 478 g/mol. The summed E-state index contributed by atoms with van der Waals surface area (Å²) in [5.74, 6) is 1.17. The first-order valence-corrected chi connectivity index (χ1v) is 11.8. The van der Waals surface area contributed by atoms with Crippen LogP contribution in [0.15, 0.2) is 52.9 Å². The number of anilines is 1. The van der Waals surface area contributed by atoms with Gasteiger partial charge < -0.3 is 9.47 Å². The first-order valence-electron chi connectivity index (χ1n) is 9.72. The van der Waals surface area contributed by atoms with E-state index >= 15 is 0 Å². The topological polar surface area (TPSA) is 72.5 Å². The number of benzene rings is 2. The monoisotopic (exact) mass is 477 g/mol. The van der Waals surface area contributed by atoms with Gasteiger partial charge in [-0.05, 0) is 70.0 Å². The molecule has 0 fully saturated rings. The lowest BCUT2D eigenvalue weighted by atomic mass is 10.2. The molecule has 0 saturated carbocycles. The highest BCUT2D eigenvalue weighted by Crippen LogP contribution is 2.34. The molecule has 1 aromatic heterocycles. The van der Waals surface area contributed by atoms with Gasteiger partial charge in [0.25, 0.3) is 5.91 Å². The molecule has 0 aliphatic heterocycles. The Balaban J connectivity index is 1.83. The number of hydrogen-bond acceptors (Lipinski definition) is 7. The summed E-state index contributed by atoms with van der Waals surface area (Å²) in [7, 11) is 0. The Bertz CT molecular complexity index is 1030. The second kappa shape index (κ2) is 10.9. The normalized spacial score (nSPS) is 11.1. The van der Waals surface area contributed by atoms with Crippen LogP contribution < -0.4 is 19.5 Å². The Morgan fingerprint density at radius 2 is 1.90 bits per heavy atom. The van der Waals surface area contributed by atoms with Crippen molar-refractivity contribution in [2.45, 2.75) is 44.7 Å². The van der Waals surface area contributed by atoms with Crippen molar-refractivity contribution in [2.24, 2.45) is 0 Å². The summed E-state index contributed by atoms with van der Waals surface area (Å²) in [6.45, 7) is 7.98. The van der Waals surface area contributed by atoms with Crippen LogP contribution in [-0.2, 0) is 0 Å². The van der Waals surface area contributed by atoms with Crippen molar-refractivity contribution in [1.82, 2.24) is 9.71 Å². The molecule has 1 amide bonds. The fraction of sp³-hybridized carbons (Fsp3) is 0.273. The number of carbonyl (C=O) groups is 1. The van der Waals surface area contributed by atoms with Crippen molar-refractivity contribution in [3.63, 3.8) is 0 Å². The Morgan fingerprint density at radius 1 is 1.13 bits per heavy atom. The summed E-state index contributed by atoms with van der Waals surface area (Å²) in [6, 6.07) is 11.0. The average Bonchev–Trinajstić information content (AvgIpc) is 3.20. The quantitative estimate of drug-likeness (QED) is 0.337. The third kappa shape index (κ3) is 7.14. The maximum Gasteiger partial charge on any atom is 0.257 e.